The normalized spacial score (nSPS) is 18.0. The van der Waals surface area contributed by atoms with Gasteiger partial charge in [0.2, 0.25) is 15.9 Å². The summed E-state index contributed by atoms with van der Waals surface area (Å²) in [6, 6.07) is 7.47. The van der Waals surface area contributed by atoms with Gasteiger partial charge in [0.05, 0.1) is 33.9 Å². The number of aliphatic hydroxyl groups is 1. The molecule has 3 N–H and O–H groups in total. The van der Waals surface area contributed by atoms with Gasteiger partial charge in [-0.1, -0.05) is 23.6 Å². The molecule has 19 heteroatoms. The van der Waals surface area contributed by atoms with Gasteiger partial charge in [0, 0.05) is 35.7 Å². The van der Waals surface area contributed by atoms with Crippen LogP contribution in [0.2, 0.25) is 5.02 Å². The van der Waals surface area contributed by atoms with Gasteiger partial charge < -0.3 is 10.4 Å². The van der Waals surface area contributed by atoms with Crippen molar-refractivity contribution < 1.29 is 44.7 Å². The standard InChI is InChI=1S/C36H30ClF6N7O4S/c1-16(51)4-5-20-6-7-21(22-8-9-25(37)29-32(22)49(2)47-35(29)48-55(3,53)54)30(44-20)26(12-17-10-18(38)13-19(39)11-17)45-27(52)15-50-33-28(31(46-50)34(40)41)23-14-24(23)36(33,42)43/h6-11,13,16,23-24,26,34,51H,12,14-15H2,1-3H3,(H,45,52)(H,47,48)/t16-,23-,24?,26-/m0/s1. The summed E-state index contributed by atoms with van der Waals surface area (Å²) in [5.74, 6) is -3.12. The molecule has 2 aromatic carbocycles. The van der Waals surface area contributed by atoms with E-state index in [2.05, 4.69) is 37.1 Å². The minimum Gasteiger partial charge on any atom is -0.381 e. The Balaban J connectivity index is 1.38. The number of benzene rings is 2. The second kappa shape index (κ2) is 13.9. The molecule has 0 spiro atoms. The molecule has 0 bridgehead atoms. The summed E-state index contributed by atoms with van der Waals surface area (Å²) >= 11 is 6.56. The lowest BCUT2D eigenvalue weighted by molar-refractivity contribution is -0.123. The number of aromatic nitrogens is 5. The largest absolute Gasteiger partial charge is 0.381 e. The van der Waals surface area contributed by atoms with Gasteiger partial charge in [-0.25, -0.2) is 31.0 Å². The first-order chi connectivity index (χ1) is 25.8. The second-order valence-corrected chi connectivity index (χ2v) is 15.7. The molecule has 0 radical (unpaired) electrons. The number of aliphatic hydroxyl groups excluding tert-OH is 1. The van der Waals surface area contributed by atoms with Crippen molar-refractivity contribution in [3.63, 3.8) is 0 Å². The summed E-state index contributed by atoms with van der Waals surface area (Å²) in [7, 11) is -2.30. The molecule has 5 aromatic rings. The van der Waals surface area contributed by atoms with Crippen LogP contribution in [0.15, 0.2) is 42.5 Å². The Morgan fingerprint density at radius 3 is 2.44 bits per heavy atom. The summed E-state index contributed by atoms with van der Waals surface area (Å²) in [5, 5.41) is 20.9. The van der Waals surface area contributed by atoms with Crippen LogP contribution in [0.3, 0.4) is 0 Å². The maximum Gasteiger partial charge on any atom is 0.293 e. The zero-order valence-corrected chi connectivity index (χ0v) is 30.6. The molecule has 2 aliphatic carbocycles. The van der Waals surface area contributed by atoms with Crippen LogP contribution in [0.25, 0.3) is 22.0 Å². The minimum absolute atomic E-state index is 0.0209. The molecule has 7 rings (SSSR count). The smallest absolute Gasteiger partial charge is 0.293 e. The number of rotatable bonds is 10. The van der Waals surface area contributed by atoms with Crippen LogP contribution in [0.1, 0.15) is 65.6 Å². The van der Waals surface area contributed by atoms with Crippen LogP contribution in [-0.4, -0.2) is 56.3 Å². The lowest BCUT2D eigenvalue weighted by Gasteiger charge is -2.23. The molecule has 1 fully saturated rings. The first-order valence-electron chi connectivity index (χ1n) is 16.7. The van der Waals surface area contributed by atoms with E-state index in [1.54, 1.807) is 12.1 Å². The maximum atomic E-state index is 15.3. The van der Waals surface area contributed by atoms with Crippen molar-refractivity contribution in [1.29, 1.82) is 0 Å². The van der Waals surface area contributed by atoms with Gasteiger partial charge in [-0.15, -0.1) is 0 Å². The number of nitrogens with zero attached hydrogens (tertiary/aromatic N) is 5. The van der Waals surface area contributed by atoms with Crippen molar-refractivity contribution in [3.8, 4) is 23.0 Å². The van der Waals surface area contributed by atoms with Crippen molar-refractivity contribution in [2.45, 2.75) is 56.7 Å². The summed E-state index contributed by atoms with van der Waals surface area (Å²) in [6.45, 7) is 0.500. The molecular weight excluding hydrogens is 776 g/mol. The SMILES string of the molecule is C[C@H](O)C#Cc1ccc(-c2ccc(Cl)c3c(NS(C)(=O)=O)nn(C)c23)c([C@H](Cc2cc(F)cc(F)c2)NC(=O)Cn2nc(C(F)F)c3c2C(F)(F)C2C[C@H]32)n1. The number of amides is 1. The summed E-state index contributed by atoms with van der Waals surface area (Å²) in [6.07, 6.45) is -3.63. The van der Waals surface area contributed by atoms with E-state index < -0.39 is 81.8 Å². The van der Waals surface area contributed by atoms with Gasteiger partial charge in [-0.2, -0.15) is 19.0 Å². The average molecular weight is 806 g/mol. The lowest BCUT2D eigenvalue weighted by Crippen LogP contribution is -2.35. The first kappa shape index (κ1) is 38.2. The van der Waals surface area contributed by atoms with E-state index in [1.165, 1.54) is 30.8 Å². The molecule has 55 heavy (non-hydrogen) atoms. The number of carbonyl (C=O) groups is 1. The molecule has 1 amide bonds. The average Bonchev–Trinajstić information content (AvgIpc) is 3.62. The fraction of sp³-hybridized carbons (Fsp3) is 0.333. The second-order valence-electron chi connectivity index (χ2n) is 13.5. The number of sulfonamides is 1. The van der Waals surface area contributed by atoms with Crippen LogP contribution in [0, 0.1) is 29.4 Å². The van der Waals surface area contributed by atoms with Crippen LogP contribution >= 0.6 is 11.6 Å². The highest BCUT2D eigenvalue weighted by atomic mass is 35.5. The number of anilines is 1. The zero-order chi connectivity index (χ0) is 39.7. The Morgan fingerprint density at radius 2 is 1.78 bits per heavy atom. The minimum atomic E-state index is -3.82. The molecule has 1 saturated carbocycles. The summed E-state index contributed by atoms with van der Waals surface area (Å²) < 4.78 is 116. The van der Waals surface area contributed by atoms with E-state index in [1.807, 2.05) is 0 Å². The number of nitrogens with one attached hydrogen (secondary N) is 2. The molecule has 2 aliphatic rings. The first-order valence-corrected chi connectivity index (χ1v) is 18.9. The van der Waals surface area contributed by atoms with Gasteiger partial charge >= 0.3 is 0 Å². The predicted molar refractivity (Wildman–Crippen MR) is 189 cm³/mol. The Kier molecular flexibility index (Phi) is 9.63. The monoisotopic (exact) mass is 805 g/mol. The zero-order valence-electron chi connectivity index (χ0n) is 29.0. The fourth-order valence-corrected chi connectivity index (χ4v) is 7.93. The number of hydrogen-bond acceptors (Lipinski definition) is 7. The topological polar surface area (TPSA) is 144 Å². The van der Waals surface area contributed by atoms with Crippen molar-refractivity contribution in [3.05, 3.63) is 93.0 Å². The van der Waals surface area contributed by atoms with Crippen LogP contribution in [0.4, 0.5) is 32.2 Å². The molecule has 0 aliphatic heterocycles. The third kappa shape index (κ3) is 7.35. The van der Waals surface area contributed by atoms with Gasteiger partial charge in [0.1, 0.15) is 41.4 Å². The van der Waals surface area contributed by atoms with Gasteiger partial charge in [0.15, 0.2) is 5.82 Å². The van der Waals surface area contributed by atoms with E-state index in [-0.39, 0.29) is 57.1 Å². The number of pyridine rings is 1. The van der Waals surface area contributed by atoms with Crippen molar-refractivity contribution in [1.82, 2.24) is 29.9 Å². The van der Waals surface area contributed by atoms with Crippen molar-refractivity contribution in [2.24, 2.45) is 13.0 Å². The van der Waals surface area contributed by atoms with E-state index in [0.717, 1.165) is 18.4 Å². The number of aryl methyl sites for hydroxylation is 1. The van der Waals surface area contributed by atoms with Crippen LogP contribution in [0.5, 0.6) is 0 Å². The van der Waals surface area contributed by atoms with E-state index >= 15 is 8.78 Å². The quantitative estimate of drug-likeness (QED) is 0.114. The fourth-order valence-electron chi connectivity index (χ4n) is 7.19. The molecule has 3 heterocycles. The number of carbonyl (C=O) groups excluding carboxylic acids is 1. The van der Waals surface area contributed by atoms with Gasteiger partial charge in [-0.05, 0) is 67.5 Å². The summed E-state index contributed by atoms with van der Waals surface area (Å²) in [4.78, 5) is 18.5. The van der Waals surface area contributed by atoms with E-state index in [4.69, 9.17) is 11.6 Å². The molecular formula is C36H30ClF6N7O4S. The Hall–Kier alpha value is -5.12. The number of alkyl halides is 4. The molecule has 1 unspecified atom stereocenters. The van der Waals surface area contributed by atoms with Crippen LogP contribution in [-0.2, 0) is 40.8 Å². The highest BCUT2D eigenvalue weighted by Gasteiger charge is 2.67. The predicted octanol–water partition coefficient (Wildman–Crippen LogP) is 6.11. The maximum absolute atomic E-state index is 15.3. The third-order valence-electron chi connectivity index (χ3n) is 9.33. The Labute approximate surface area is 314 Å². The molecule has 4 atom stereocenters. The number of fused-ring (bicyclic) bond motifs is 4. The van der Waals surface area contributed by atoms with Gasteiger partial charge in [0.25, 0.3) is 12.3 Å². The van der Waals surface area contributed by atoms with Crippen molar-refractivity contribution >= 4 is 44.3 Å². The third-order valence-corrected chi connectivity index (χ3v) is 10.2. The molecule has 3 aromatic heterocycles. The van der Waals surface area contributed by atoms with Crippen molar-refractivity contribution in [2.75, 3.05) is 11.0 Å². The Morgan fingerprint density at radius 1 is 1.09 bits per heavy atom. The summed E-state index contributed by atoms with van der Waals surface area (Å²) in [5.41, 5.74) is -0.743. The molecule has 288 valence electrons. The van der Waals surface area contributed by atoms with Crippen LogP contribution < -0.4 is 10.0 Å². The van der Waals surface area contributed by atoms with E-state index in [9.17, 15) is 35.9 Å². The highest BCUT2D eigenvalue weighted by molar-refractivity contribution is 7.92. The molecule has 0 saturated heterocycles. The highest BCUT2D eigenvalue weighted by Crippen LogP contribution is 2.68. The lowest BCUT2D eigenvalue weighted by atomic mass is 9.93. The Bertz CT molecular complexity index is 2550. The number of hydrogen-bond donors (Lipinski definition) is 3. The molecule has 11 nitrogen and oxygen atoms in total. The van der Waals surface area contributed by atoms with Gasteiger partial charge in [-0.3, -0.25) is 18.9 Å². The van der Waals surface area contributed by atoms with E-state index in [0.29, 0.717) is 21.8 Å². The number of halogens is 7.